The van der Waals surface area contributed by atoms with E-state index >= 15 is 0 Å². The molecule has 1 unspecified atom stereocenters. The van der Waals surface area contributed by atoms with Gasteiger partial charge in [0.05, 0.1) is 22.9 Å². The van der Waals surface area contributed by atoms with Crippen LogP contribution in [0.4, 0.5) is 4.39 Å². The Morgan fingerprint density at radius 2 is 2.00 bits per heavy atom. The summed E-state index contributed by atoms with van der Waals surface area (Å²) in [6.07, 6.45) is 3.37. The zero-order valence-corrected chi connectivity index (χ0v) is 20.4. The molecule has 0 bridgehead atoms. The summed E-state index contributed by atoms with van der Waals surface area (Å²) >= 11 is 1.31. The van der Waals surface area contributed by atoms with E-state index in [4.69, 9.17) is 9.73 Å². The van der Waals surface area contributed by atoms with Crippen molar-refractivity contribution in [2.75, 3.05) is 6.61 Å². The second-order valence-electron chi connectivity index (χ2n) is 8.83. The van der Waals surface area contributed by atoms with Crippen LogP contribution in [-0.4, -0.2) is 16.3 Å². The minimum atomic E-state index is -0.429. The first kappa shape index (κ1) is 22.5. The molecule has 180 valence electrons. The van der Waals surface area contributed by atoms with Gasteiger partial charge >= 0.3 is 0 Å². The number of ether oxygens (including phenoxy) is 1. The fourth-order valence-corrected chi connectivity index (χ4v) is 6.04. The first-order valence-electron chi connectivity index (χ1n) is 11.9. The Kier molecular flexibility index (Phi) is 5.57. The highest BCUT2D eigenvalue weighted by molar-refractivity contribution is 7.07. The number of fused-ring (bicyclic) bond motifs is 3. The first-order chi connectivity index (χ1) is 17.5. The van der Waals surface area contributed by atoms with E-state index in [0.717, 1.165) is 40.8 Å². The Hall–Kier alpha value is -3.97. The Labute approximate surface area is 210 Å². The van der Waals surface area contributed by atoms with Gasteiger partial charge in [-0.25, -0.2) is 9.38 Å². The zero-order valence-electron chi connectivity index (χ0n) is 19.6. The van der Waals surface area contributed by atoms with Crippen LogP contribution >= 0.6 is 11.3 Å². The van der Waals surface area contributed by atoms with Crippen LogP contribution in [0.2, 0.25) is 0 Å². The van der Waals surface area contributed by atoms with Crippen molar-refractivity contribution in [2.24, 2.45) is 4.99 Å². The molecule has 2 aliphatic rings. The molecule has 0 fully saturated rings. The van der Waals surface area contributed by atoms with E-state index in [0.29, 0.717) is 21.7 Å². The molecule has 6 rings (SSSR count). The van der Waals surface area contributed by atoms with Gasteiger partial charge in [0, 0.05) is 5.56 Å². The van der Waals surface area contributed by atoms with Crippen LogP contribution in [0.3, 0.4) is 0 Å². The number of aryl methyl sites for hydroxylation is 1. The maximum atomic E-state index is 14.3. The van der Waals surface area contributed by atoms with Gasteiger partial charge in [-0.1, -0.05) is 53.8 Å². The quantitative estimate of drug-likeness (QED) is 0.449. The van der Waals surface area contributed by atoms with Crippen LogP contribution in [0.25, 0.3) is 11.8 Å². The number of aromatic nitrogens is 1. The van der Waals surface area contributed by atoms with E-state index in [1.165, 1.54) is 29.0 Å². The van der Waals surface area contributed by atoms with E-state index in [-0.39, 0.29) is 17.1 Å². The van der Waals surface area contributed by atoms with Crippen LogP contribution in [0.5, 0.6) is 11.5 Å². The minimum Gasteiger partial charge on any atom is -0.504 e. The lowest BCUT2D eigenvalue weighted by molar-refractivity contribution is 0.318. The number of nitrogens with zero attached hydrogens (tertiary/aromatic N) is 2. The molecule has 0 amide bonds. The monoisotopic (exact) mass is 498 g/mol. The summed E-state index contributed by atoms with van der Waals surface area (Å²) in [6.45, 7) is 2.26. The average Bonchev–Trinajstić information content (AvgIpc) is 3.19. The fourth-order valence-electron chi connectivity index (χ4n) is 5.04. The molecule has 1 N–H and O–H groups in total. The summed E-state index contributed by atoms with van der Waals surface area (Å²) in [4.78, 5) is 19.3. The minimum absolute atomic E-state index is 0.0490. The van der Waals surface area contributed by atoms with Crippen LogP contribution in [0, 0.1) is 5.82 Å². The fraction of sp³-hybridized carbons (Fsp3) is 0.172. The van der Waals surface area contributed by atoms with E-state index in [1.54, 1.807) is 34.9 Å². The maximum Gasteiger partial charge on any atom is 0.271 e. The second-order valence-corrected chi connectivity index (χ2v) is 9.84. The van der Waals surface area contributed by atoms with Crippen LogP contribution < -0.4 is 19.6 Å². The van der Waals surface area contributed by atoms with Crippen molar-refractivity contribution in [3.63, 3.8) is 0 Å². The number of thiazole rings is 1. The molecule has 1 aliphatic carbocycles. The standard InChI is InChI=1S/C29H23FN2O3S/c1-2-35-24-14-17(10-13-23(24)33)15-25-28(34)32-27(19-7-5-8-20(30)16-19)22-12-11-18-6-3-4-9-21(18)26(22)31-29(32)36-25/h3-10,13-16,27,33H,2,11-12H2,1H3. The maximum absolute atomic E-state index is 14.3. The number of halogens is 1. The zero-order chi connectivity index (χ0) is 24.8. The Morgan fingerprint density at radius 1 is 1.14 bits per heavy atom. The molecule has 36 heavy (non-hydrogen) atoms. The summed E-state index contributed by atoms with van der Waals surface area (Å²) in [7, 11) is 0. The van der Waals surface area contributed by atoms with Crippen molar-refractivity contribution < 1.29 is 14.2 Å². The number of phenolic OH excluding ortho intramolecular Hbond substituents is 1. The van der Waals surface area contributed by atoms with Crippen LogP contribution in [-0.2, 0) is 6.42 Å². The SMILES string of the molecule is CCOc1cc(C=c2sc3n(c2=O)C(c2cccc(F)c2)C2=C(N=3)c3ccccc3CC2)ccc1O. The van der Waals surface area contributed by atoms with Gasteiger partial charge in [-0.2, -0.15) is 0 Å². The Balaban J connectivity index is 1.59. The number of phenols is 1. The third kappa shape index (κ3) is 3.76. The Bertz CT molecular complexity index is 1720. The van der Waals surface area contributed by atoms with Gasteiger partial charge in [0.2, 0.25) is 0 Å². The molecule has 0 spiro atoms. The molecule has 7 heteroatoms. The van der Waals surface area contributed by atoms with Gasteiger partial charge in [0.15, 0.2) is 16.3 Å². The number of aromatic hydroxyl groups is 1. The predicted octanol–water partition coefficient (Wildman–Crippen LogP) is 4.56. The van der Waals surface area contributed by atoms with Gasteiger partial charge in [0.25, 0.3) is 5.56 Å². The number of benzene rings is 3. The largest absolute Gasteiger partial charge is 0.504 e. The lowest BCUT2D eigenvalue weighted by atomic mass is 9.83. The highest BCUT2D eigenvalue weighted by atomic mass is 32.1. The van der Waals surface area contributed by atoms with Crippen molar-refractivity contribution in [3.05, 3.63) is 120 Å². The average molecular weight is 499 g/mol. The van der Waals surface area contributed by atoms with Crippen LogP contribution in [0.1, 0.15) is 41.6 Å². The van der Waals surface area contributed by atoms with Gasteiger partial charge in [-0.15, -0.1) is 0 Å². The van der Waals surface area contributed by atoms with E-state index in [9.17, 15) is 14.3 Å². The third-order valence-corrected chi connectivity index (χ3v) is 7.60. The molecule has 0 radical (unpaired) electrons. The third-order valence-electron chi connectivity index (χ3n) is 6.62. The molecule has 5 nitrogen and oxygen atoms in total. The summed E-state index contributed by atoms with van der Waals surface area (Å²) in [6, 6.07) is 19.3. The van der Waals surface area contributed by atoms with Crippen molar-refractivity contribution in [1.29, 1.82) is 0 Å². The number of rotatable bonds is 4. The van der Waals surface area contributed by atoms with Gasteiger partial charge in [-0.05, 0) is 72.4 Å². The highest BCUT2D eigenvalue weighted by Gasteiger charge is 2.32. The summed E-state index contributed by atoms with van der Waals surface area (Å²) in [5, 5.41) is 10.0. The van der Waals surface area contributed by atoms with Crippen molar-refractivity contribution in [2.45, 2.75) is 25.8 Å². The van der Waals surface area contributed by atoms with Crippen molar-refractivity contribution >= 4 is 23.1 Å². The number of allylic oxidation sites excluding steroid dienone is 1. The molecular formula is C29H23FN2O3S. The highest BCUT2D eigenvalue weighted by Crippen LogP contribution is 2.41. The smallest absolute Gasteiger partial charge is 0.271 e. The lowest BCUT2D eigenvalue weighted by Gasteiger charge is -2.30. The molecule has 2 heterocycles. The molecule has 0 saturated heterocycles. The molecule has 4 aromatic rings. The molecule has 1 aromatic heterocycles. The molecule has 1 aliphatic heterocycles. The molecule has 1 atom stereocenters. The van der Waals surface area contributed by atoms with Gasteiger partial charge < -0.3 is 9.84 Å². The van der Waals surface area contributed by atoms with Gasteiger partial charge in [0.1, 0.15) is 5.82 Å². The predicted molar refractivity (Wildman–Crippen MR) is 138 cm³/mol. The second kappa shape index (κ2) is 8.91. The molecule has 0 saturated carbocycles. The number of hydrogen-bond donors (Lipinski definition) is 1. The normalized spacial score (nSPS) is 16.7. The first-order valence-corrected chi connectivity index (χ1v) is 12.7. The molecular weight excluding hydrogens is 475 g/mol. The van der Waals surface area contributed by atoms with Crippen molar-refractivity contribution in [1.82, 2.24) is 4.57 Å². The van der Waals surface area contributed by atoms with E-state index < -0.39 is 6.04 Å². The van der Waals surface area contributed by atoms with Crippen LogP contribution in [0.15, 0.2) is 82.1 Å². The lowest BCUT2D eigenvalue weighted by Crippen LogP contribution is -2.38. The number of hydrogen-bond acceptors (Lipinski definition) is 5. The topological polar surface area (TPSA) is 63.8 Å². The summed E-state index contributed by atoms with van der Waals surface area (Å²) < 4.78 is 22.0. The summed E-state index contributed by atoms with van der Waals surface area (Å²) in [5.41, 5.74) is 5.49. The van der Waals surface area contributed by atoms with E-state index in [1.807, 2.05) is 25.1 Å². The Morgan fingerprint density at radius 3 is 2.83 bits per heavy atom. The van der Waals surface area contributed by atoms with Crippen molar-refractivity contribution in [3.8, 4) is 11.5 Å². The summed E-state index contributed by atoms with van der Waals surface area (Å²) in [5.74, 6) is 0.0779. The van der Waals surface area contributed by atoms with Gasteiger partial charge in [-0.3, -0.25) is 9.36 Å². The molecule has 3 aromatic carbocycles. The van der Waals surface area contributed by atoms with E-state index in [2.05, 4.69) is 12.1 Å².